The van der Waals surface area contributed by atoms with Gasteiger partial charge in [-0.25, -0.2) is 4.98 Å². The molecule has 2 aromatic heterocycles. The third-order valence-corrected chi connectivity index (χ3v) is 15.4. The van der Waals surface area contributed by atoms with Crippen molar-refractivity contribution in [2.24, 2.45) is 0 Å². The maximum absolute atomic E-state index is 6.93. The van der Waals surface area contributed by atoms with Crippen molar-refractivity contribution in [1.82, 2.24) is 9.55 Å². The monoisotopic (exact) mass is 1160 g/mol. The molecule has 1 aliphatic rings. The van der Waals surface area contributed by atoms with E-state index in [4.69, 9.17) is 9.72 Å². The van der Waals surface area contributed by atoms with Crippen LogP contribution in [0.15, 0.2) is 213 Å². The Bertz CT molecular complexity index is 3610. The van der Waals surface area contributed by atoms with Crippen molar-refractivity contribution < 1.29 is 25.8 Å². The standard InChI is InChI=1S/C69H63N4O.Pt/c1-66(2,3)53-34-35-70-65(44-53)73-63-43-54(67(4,5)50-24-16-11-17-25-50)30-32-61(63)62-33-31-59(46-64(62)73)74-60-39-49(48-22-14-10-15-23-48)38-57(45-60)71-36-37-72(47-71)58-41-55(68(6,7)51-26-18-12-19-27-51)40-56(42-58)69(8,9)52-28-20-13-21-29-52;/h10-44,47H,1-9H3;/q-3;. The van der Waals surface area contributed by atoms with Crippen molar-refractivity contribution in [3.8, 4) is 28.4 Å². The molecule has 10 aromatic rings. The predicted molar refractivity (Wildman–Crippen MR) is 307 cm³/mol. The van der Waals surface area contributed by atoms with Crippen LogP contribution in [0.25, 0.3) is 38.8 Å². The van der Waals surface area contributed by atoms with Gasteiger partial charge in [0.15, 0.2) is 0 Å². The average Bonchev–Trinajstić information content (AvgIpc) is 4.05. The summed E-state index contributed by atoms with van der Waals surface area (Å²) in [6.45, 7) is 22.7. The van der Waals surface area contributed by atoms with Gasteiger partial charge in [-0.3, -0.25) is 0 Å². The first-order valence-corrected chi connectivity index (χ1v) is 25.8. The molecule has 0 amide bonds. The summed E-state index contributed by atoms with van der Waals surface area (Å²) in [5.41, 5.74) is 13.9. The molecule has 8 aromatic carbocycles. The van der Waals surface area contributed by atoms with Crippen LogP contribution in [0.2, 0.25) is 0 Å². The summed E-state index contributed by atoms with van der Waals surface area (Å²) < 4.78 is 9.19. The van der Waals surface area contributed by atoms with Crippen LogP contribution in [0.5, 0.6) is 11.5 Å². The average molecular weight is 1160 g/mol. The van der Waals surface area contributed by atoms with E-state index in [-0.39, 0.29) is 42.7 Å². The molecule has 0 saturated heterocycles. The second kappa shape index (κ2) is 20.0. The second-order valence-electron chi connectivity index (χ2n) is 22.4. The SMILES string of the molecule is CC(C)(C)c1ccnc(-n2c3[c-]c(Oc4[c-]c(N5C=CN(c6cc(C(C)(C)c7ccccc7)cc(C(C)(C)c7ccccc7)c6)[CH-]5)cc(-c5ccccc5)c4)ccc3c3ccc(C(C)(C)c4ccccc4)cc32)c1.[Pt]. The van der Waals surface area contributed by atoms with Gasteiger partial charge in [-0.15, -0.1) is 53.6 Å². The van der Waals surface area contributed by atoms with E-state index in [1.165, 1.54) is 38.9 Å². The number of benzene rings is 8. The van der Waals surface area contributed by atoms with Crippen LogP contribution in [0.1, 0.15) is 101 Å². The predicted octanol–water partition coefficient (Wildman–Crippen LogP) is 17.4. The zero-order valence-electron chi connectivity index (χ0n) is 44.3. The molecule has 0 fully saturated rings. The molecule has 0 aliphatic carbocycles. The third kappa shape index (κ3) is 9.87. The van der Waals surface area contributed by atoms with E-state index in [9.17, 15) is 0 Å². The van der Waals surface area contributed by atoms with Crippen LogP contribution in [0, 0.1) is 18.8 Å². The number of hydrogen-bond acceptors (Lipinski definition) is 4. The molecule has 6 heteroatoms. The summed E-state index contributed by atoms with van der Waals surface area (Å²) in [6, 6.07) is 77.0. The van der Waals surface area contributed by atoms with Gasteiger partial charge >= 0.3 is 0 Å². The van der Waals surface area contributed by atoms with Gasteiger partial charge < -0.3 is 19.1 Å². The topological polar surface area (TPSA) is 33.5 Å². The summed E-state index contributed by atoms with van der Waals surface area (Å²) >= 11 is 0. The van der Waals surface area contributed by atoms with Gasteiger partial charge in [-0.05, 0) is 98.0 Å². The molecule has 1 aliphatic heterocycles. The van der Waals surface area contributed by atoms with Crippen LogP contribution in [-0.4, -0.2) is 9.55 Å². The Hall–Kier alpha value is -7.46. The Labute approximate surface area is 458 Å². The Kier molecular flexibility index (Phi) is 13.6. The quantitative estimate of drug-likeness (QED) is 0.114. The molecule has 378 valence electrons. The minimum absolute atomic E-state index is 0. The van der Waals surface area contributed by atoms with Gasteiger partial charge in [0.25, 0.3) is 0 Å². The molecule has 0 radical (unpaired) electrons. The summed E-state index contributed by atoms with van der Waals surface area (Å²) in [5.74, 6) is 2.00. The number of hydrogen-bond donors (Lipinski definition) is 0. The number of aromatic nitrogens is 2. The number of nitrogens with zero attached hydrogens (tertiary/aromatic N) is 4. The van der Waals surface area contributed by atoms with Crippen molar-refractivity contribution in [2.75, 3.05) is 9.80 Å². The van der Waals surface area contributed by atoms with Crippen molar-refractivity contribution >= 4 is 33.2 Å². The Morgan fingerprint density at radius 2 is 0.987 bits per heavy atom. The minimum Gasteiger partial charge on any atom is -0.509 e. The first-order valence-electron chi connectivity index (χ1n) is 25.8. The van der Waals surface area contributed by atoms with Crippen molar-refractivity contribution in [3.05, 3.63) is 270 Å². The first kappa shape index (κ1) is 51.0. The molecule has 0 N–H and O–H groups in total. The van der Waals surface area contributed by atoms with E-state index in [0.717, 1.165) is 50.1 Å². The van der Waals surface area contributed by atoms with Gasteiger partial charge in [-0.2, -0.15) is 6.07 Å². The van der Waals surface area contributed by atoms with Gasteiger partial charge in [0.05, 0.1) is 0 Å². The maximum Gasteiger partial charge on any atom is 0.135 e. The van der Waals surface area contributed by atoms with Gasteiger partial charge in [0.2, 0.25) is 0 Å². The third-order valence-electron chi connectivity index (χ3n) is 15.4. The van der Waals surface area contributed by atoms with Crippen molar-refractivity contribution in [2.45, 2.75) is 84.0 Å². The molecule has 11 rings (SSSR count). The summed E-state index contributed by atoms with van der Waals surface area (Å²) in [5, 5.41) is 2.20. The number of anilines is 2. The minimum atomic E-state index is -0.254. The van der Waals surface area contributed by atoms with E-state index < -0.39 is 0 Å². The van der Waals surface area contributed by atoms with Crippen molar-refractivity contribution in [1.29, 1.82) is 0 Å². The van der Waals surface area contributed by atoms with Crippen LogP contribution in [-0.2, 0) is 42.7 Å². The van der Waals surface area contributed by atoms with E-state index in [0.29, 0.717) is 11.5 Å². The van der Waals surface area contributed by atoms with Gasteiger partial charge in [0, 0.05) is 66.2 Å². The number of pyridine rings is 1. The van der Waals surface area contributed by atoms with E-state index in [1.54, 1.807) is 0 Å². The van der Waals surface area contributed by atoms with Crippen LogP contribution in [0.4, 0.5) is 11.4 Å². The molecular formula is C69H63N4OPt-3. The largest absolute Gasteiger partial charge is 0.509 e. The van der Waals surface area contributed by atoms with E-state index in [1.807, 2.05) is 18.3 Å². The molecule has 75 heavy (non-hydrogen) atoms. The fraction of sp³-hybridized carbons (Fsp3) is 0.188. The van der Waals surface area contributed by atoms with Gasteiger partial charge in [-0.1, -0.05) is 207 Å². The Balaban J connectivity index is 0.00000641. The normalized spacial score (nSPS) is 13.1. The molecule has 0 atom stereocenters. The van der Waals surface area contributed by atoms with Gasteiger partial charge in [0.1, 0.15) is 5.82 Å². The number of rotatable bonds is 12. The Morgan fingerprint density at radius 1 is 0.440 bits per heavy atom. The smallest absolute Gasteiger partial charge is 0.135 e. The van der Waals surface area contributed by atoms with Crippen molar-refractivity contribution in [3.63, 3.8) is 0 Å². The van der Waals surface area contributed by atoms with Crippen LogP contribution in [0.3, 0.4) is 0 Å². The molecule has 3 heterocycles. The number of ether oxygens (including phenoxy) is 1. The van der Waals surface area contributed by atoms with Crippen LogP contribution < -0.4 is 14.5 Å². The first-order chi connectivity index (χ1) is 35.5. The van der Waals surface area contributed by atoms with Crippen LogP contribution >= 0.6 is 0 Å². The zero-order valence-corrected chi connectivity index (χ0v) is 46.6. The fourth-order valence-corrected chi connectivity index (χ4v) is 10.5. The molecule has 0 spiro atoms. The summed E-state index contributed by atoms with van der Waals surface area (Å²) in [7, 11) is 0. The van der Waals surface area contributed by atoms with E-state index in [2.05, 4.69) is 290 Å². The molecular weight excluding hydrogens is 1100 g/mol. The maximum atomic E-state index is 6.93. The summed E-state index contributed by atoms with van der Waals surface area (Å²) in [6.07, 6.45) is 6.16. The molecule has 0 unspecified atom stereocenters. The zero-order chi connectivity index (χ0) is 51.4. The van der Waals surface area contributed by atoms with E-state index >= 15 is 0 Å². The number of fused-ring (bicyclic) bond motifs is 3. The Morgan fingerprint density at radius 3 is 1.57 bits per heavy atom. The molecule has 0 bridgehead atoms. The summed E-state index contributed by atoms with van der Waals surface area (Å²) in [4.78, 5) is 9.37. The molecule has 0 saturated carbocycles. The fourth-order valence-electron chi connectivity index (χ4n) is 10.5. The second-order valence-corrected chi connectivity index (χ2v) is 22.4. The molecule has 5 nitrogen and oxygen atoms in total.